The average molecular weight is 304 g/mol. The number of guanidine groups is 1. The molecule has 5 heteroatoms. The summed E-state index contributed by atoms with van der Waals surface area (Å²) >= 11 is 0. The van der Waals surface area contributed by atoms with Gasteiger partial charge in [-0.1, -0.05) is 30.3 Å². The molecule has 122 valence electrons. The summed E-state index contributed by atoms with van der Waals surface area (Å²) in [6, 6.07) is 10.1. The van der Waals surface area contributed by atoms with Gasteiger partial charge in [-0.2, -0.15) is 0 Å². The third kappa shape index (κ3) is 5.76. The Morgan fingerprint density at radius 3 is 2.36 bits per heavy atom. The molecular weight excluding hydrogens is 276 g/mol. The lowest BCUT2D eigenvalue weighted by atomic mass is 9.92. The van der Waals surface area contributed by atoms with E-state index in [-0.39, 0.29) is 5.91 Å². The van der Waals surface area contributed by atoms with Crippen LogP contribution in [0.1, 0.15) is 26.3 Å². The Kier molecular flexibility index (Phi) is 6.89. The fourth-order valence-corrected chi connectivity index (χ4v) is 1.89. The van der Waals surface area contributed by atoms with Crippen LogP contribution in [-0.4, -0.2) is 44.0 Å². The number of nitrogens with zero attached hydrogens (tertiary/aromatic N) is 2. The molecule has 0 heterocycles. The maximum atomic E-state index is 12.0. The van der Waals surface area contributed by atoms with Gasteiger partial charge in [-0.15, -0.1) is 0 Å². The van der Waals surface area contributed by atoms with Gasteiger partial charge in [0.25, 0.3) is 0 Å². The molecule has 0 atom stereocenters. The average Bonchev–Trinajstić information content (AvgIpc) is 2.48. The van der Waals surface area contributed by atoms with Gasteiger partial charge in [-0.3, -0.25) is 4.79 Å². The first-order valence-electron chi connectivity index (χ1n) is 7.64. The van der Waals surface area contributed by atoms with E-state index in [1.54, 1.807) is 0 Å². The van der Waals surface area contributed by atoms with Gasteiger partial charge < -0.3 is 15.5 Å². The maximum absolute atomic E-state index is 12.0. The molecule has 0 spiro atoms. The zero-order chi connectivity index (χ0) is 16.6. The predicted octanol–water partition coefficient (Wildman–Crippen LogP) is 1.86. The van der Waals surface area contributed by atoms with Crippen molar-refractivity contribution in [1.82, 2.24) is 15.5 Å². The van der Waals surface area contributed by atoms with E-state index in [2.05, 4.69) is 27.8 Å². The molecule has 0 unspecified atom stereocenters. The second-order valence-electron chi connectivity index (χ2n) is 6.12. The van der Waals surface area contributed by atoms with Gasteiger partial charge in [-0.25, -0.2) is 4.99 Å². The van der Waals surface area contributed by atoms with Crippen LogP contribution in [0.3, 0.4) is 0 Å². The highest BCUT2D eigenvalue weighted by molar-refractivity contribution is 5.84. The lowest BCUT2D eigenvalue weighted by Crippen LogP contribution is -2.47. The first-order valence-corrected chi connectivity index (χ1v) is 7.64. The smallest absolute Gasteiger partial charge is 0.227 e. The number of rotatable bonds is 6. The molecule has 0 saturated heterocycles. The van der Waals surface area contributed by atoms with Crippen LogP contribution >= 0.6 is 0 Å². The Bertz CT molecular complexity index is 495. The summed E-state index contributed by atoms with van der Waals surface area (Å²) in [4.78, 5) is 18.6. The molecule has 2 N–H and O–H groups in total. The maximum Gasteiger partial charge on any atom is 0.227 e. The molecule has 0 radical (unpaired) electrons. The number of aliphatic imine (C=N–C) groups is 1. The van der Waals surface area contributed by atoms with E-state index in [9.17, 15) is 4.79 Å². The molecule has 1 aromatic rings. The summed E-state index contributed by atoms with van der Waals surface area (Å²) in [6.07, 6.45) is 0. The summed E-state index contributed by atoms with van der Waals surface area (Å²) in [6.45, 7) is 7.57. The molecule has 5 nitrogen and oxygen atoms in total. The molecule has 1 aromatic carbocycles. The number of carbonyl (C=O) groups excluding carboxylic acids is 1. The quantitative estimate of drug-likeness (QED) is 0.623. The lowest BCUT2D eigenvalue weighted by Gasteiger charge is -2.26. The number of nitrogens with one attached hydrogen (secondary N) is 2. The number of amides is 1. The molecule has 0 fully saturated rings. The van der Waals surface area contributed by atoms with Gasteiger partial charge in [0.15, 0.2) is 5.96 Å². The van der Waals surface area contributed by atoms with Crippen molar-refractivity contribution in [2.75, 3.05) is 27.2 Å². The molecule has 0 aliphatic carbocycles. The van der Waals surface area contributed by atoms with E-state index in [1.165, 1.54) is 0 Å². The molecule has 0 saturated carbocycles. The fourth-order valence-electron chi connectivity index (χ4n) is 1.89. The van der Waals surface area contributed by atoms with Gasteiger partial charge >= 0.3 is 0 Å². The van der Waals surface area contributed by atoms with Crippen molar-refractivity contribution in [3.8, 4) is 0 Å². The first kappa shape index (κ1) is 18.0. The van der Waals surface area contributed by atoms with Crippen molar-refractivity contribution >= 4 is 11.9 Å². The first-order chi connectivity index (χ1) is 10.4. The number of hydrogen-bond donors (Lipinski definition) is 2. The van der Waals surface area contributed by atoms with Crippen molar-refractivity contribution in [1.29, 1.82) is 0 Å². The second kappa shape index (κ2) is 8.41. The summed E-state index contributed by atoms with van der Waals surface area (Å²) in [7, 11) is 3.88. The van der Waals surface area contributed by atoms with Crippen LogP contribution in [0.2, 0.25) is 0 Å². The number of carbonyl (C=O) groups is 1. The minimum Gasteiger partial charge on any atom is -0.356 e. The highest BCUT2D eigenvalue weighted by Crippen LogP contribution is 2.13. The summed E-state index contributed by atoms with van der Waals surface area (Å²) in [5, 5.41) is 6.15. The molecule has 0 bridgehead atoms. The van der Waals surface area contributed by atoms with Crippen LogP contribution in [0.4, 0.5) is 0 Å². The van der Waals surface area contributed by atoms with Crippen molar-refractivity contribution in [3.63, 3.8) is 0 Å². The van der Waals surface area contributed by atoms with Gasteiger partial charge in [0.2, 0.25) is 5.91 Å². The third-order valence-corrected chi connectivity index (χ3v) is 3.32. The van der Waals surface area contributed by atoms with Crippen molar-refractivity contribution in [3.05, 3.63) is 35.9 Å². The fraction of sp³-hybridized carbons (Fsp3) is 0.529. The lowest BCUT2D eigenvalue weighted by molar-refractivity contribution is -0.128. The SMILES string of the molecule is CCNC(=O)C(C)(C)CNC(=NCc1ccccc1)N(C)C. The zero-order valence-corrected chi connectivity index (χ0v) is 14.3. The third-order valence-electron chi connectivity index (χ3n) is 3.32. The Morgan fingerprint density at radius 1 is 1.18 bits per heavy atom. The molecular formula is C17H28N4O. The highest BCUT2D eigenvalue weighted by Gasteiger charge is 2.27. The topological polar surface area (TPSA) is 56.7 Å². The van der Waals surface area contributed by atoms with E-state index in [0.29, 0.717) is 19.6 Å². The van der Waals surface area contributed by atoms with E-state index < -0.39 is 5.41 Å². The Morgan fingerprint density at radius 2 is 1.82 bits per heavy atom. The molecule has 1 amide bonds. The Labute approximate surface area is 133 Å². The molecule has 22 heavy (non-hydrogen) atoms. The van der Waals surface area contributed by atoms with Gasteiger partial charge in [0, 0.05) is 27.2 Å². The zero-order valence-electron chi connectivity index (χ0n) is 14.3. The molecule has 0 aliphatic rings. The standard InChI is InChI=1S/C17H28N4O/c1-6-18-15(22)17(2,3)13-20-16(21(4)5)19-12-14-10-8-7-9-11-14/h7-11H,6,12-13H2,1-5H3,(H,18,22)(H,19,20). The van der Waals surface area contributed by atoms with Gasteiger partial charge in [0.1, 0.15) is 0 Å². The van der Waals surface area contributed by atoms with Gasteiger partial charge in [-0.05, 0) is 26.3 Å². The molecule has 0 aromatic heterocycles. The number of hydrogen-bond acceptors (Lipinski definition) is 2. The highest BCUT2D eigenvalue weighted by atomic mass is 16.2. The van der Waals surface area contributed by atoms with E-state index in [1.807, 2.05) is 58.0 Å². The summed E-state index contributed by atoms with van der Waals surface area (Å²) < 4.78 is 0. The number of benzene rings is 1. The van der Waals surface area contributed by atoms with E-state index in [0.717, 1.165) is 11.5 Å². The summed E-state index contributed by atoms with van der Waals surface area (Å²) in [5.74, 6) is 0.824. The van der Waals surface area contributed by atoms with E-state index >= 15 is 0 Å². The van der Waals surface area contributed by atoms with Crippen LogP contribution < -0.4 is 10.6 Å². The normalized spacial score (nSPS) is 12.0. The molecule has 0 aliphatic heterocycles. The van der Waals surface area contributed by atoms with Crippen LogP contribution in [0, 0.1) is 5.41 Å². The van der Waals surface area contributed by atoms with Crippen LogP contribution in [0.15, 0.2) is 35.3 Å². The summed E-state index contributed by atoms with van der Waals surface area (Å²) in [5.41, 5.74) is 0.672. The monoisotopic (exact) mass is 304 g/mol. The van der Waals surface area contributed by atoms with Crippen molar-refractivity contribution in [2.45, 2.75) is 27.3 Å². The largest absolute Gasteiger partial charge is 0.356 e. The predicted molar refractivity (Wildman–Crippen MR) is 91.7 cm³/mol. The Balaban J connectivity index is 2.66. The second-order valence-corrected chi connectivity index (χ2v) is 6.12. The van der Waals surface area contributed by atoms with Crippen molar-refractivity contribution < 1.29 is 4.79 Å². The van der Waals surface area contributed by atoms with Crippen LogP contribution in [0.5, 0.6) is 0 Å². The van der Waals surface area contributed by atoms with Crippen LogP contribution in [-0.2, 0) is 11.3 Å². The van der Waals surface area contributed by atoms with Crippen LogP contribution in [0.25, 0.3) is 0 Å². The van der Waals surface area contributed by atoms with Gasteiger partial charge in [0.05, 0.1) is 12.0 Å². The minimum atomic E-state index is -0.487. The Hall–Kier alpha value is -2.04. The minimum absolute atomic E-state index is 0.0451. The van der Waals surface area contributed by atoms with Crippen molar-refractivity contribution in [2.24, 2.45) is 10.4 Å². The van der Waals surface area contributed by atoms with E-state index in [4.69, 9.17) is 0 Å². The molecule has 1 rings (SSSR count).